The highest BCUT2D eigenvalue weighted by atomic mass is 79.9. The molecule has 1 aromatic heterocycles. The predicted octanol–water partition coefficient (Wildman–Crippen LogP) is 6.27. The second kappa shape index (κ2) is 11.4. The number of benzene rings is 4. The van der Waals surface area contributed by atoms with Crippen LogP contribution in [0.1, 0.15) is 16.4 Å². The van der Waals surface area contributed by atoms with Crippen LogP contribution in [0.25, 0.3) is 10.8 Å². The second-order valence-corrected chi connectivity index (χ2v) is 13.5. The smallest absolute Gasteiger partial charge is 0.308 e. The monoisotopic (exact) mass is 685 g/mol. The molecule has 7 rings (SSSR count). The van der Waals surface area contributed by atoms with Gasteiger partial charge < -0.3 is 10.1 Å². The number of amides is 3. The van der Waals surface area contributed by atoms with E-state index < -0.39 is 17.1 Å². The zero-order valence-corrected chi connectivity index (χ0v) is 26.4. The number of thiazole rings is 1. The van der Waals surface area contributed by atoms with E-state index in [4.69, 9.17) is 4.74 Å². The van der Waals surface area contributed by atoms with E-state index in [1.165, 1.54) is 21.2 Å². The Balaban J connectivity index is 1.30. The van der Waals surface area contributed by atoms with Crippen LogP contribution in [-0.2, 0) is 20.9 Å². The van der Waals surface area contributed by atoms with Crippen LogP contribution in [0.3, 0.4) is 0 Å². The van der Waals surface area contributed by atoms with Gasteiger partial charge in [0.2, 0.25) is 17.7 Å². The van der Waals surface area contributed by atoms with Gasteiger partial charge in [-0.1, -0.05) is 93.6 Å². The number of methoxy groups -OCH3 is 1. The van der Waals surface area contributed by atoms with Crippen LogP contribution in [0.5, 0.6) is 5.75 Å². The first-order valence-corrected chi connectivity index (χ1v) is 16.3. The molecule has 8 nitrogen and oxygen atoms in total. The van der Waals surface area contributed by atoms with Gasteiger partial charge in [-0.15, -0.1) is 0 Å². The van der Waals surface area contributed by atoms with E-state index in [0.29, 0.717) is 32.6 Å². The Morgan fingerprint density at radius 1 is 0.909 bits per heavy atom. The minimum Gasteiger partial charge on any atom is -0.496 e. The maximum absolute atomic E-state index is 14.1. The third-order valence-electron chi connectivity index (χ3n) is 7.97. The molecule has 220 valence electrons. The van der Waals surface area contributed by atoms with Crippen LogP contribution in [0.2, 0.25) is 0 Å². The van der Waals surface area contributed by atoms with Gasteiger partial charge in [0.15, 0.2) is 0 Å². The average Bonchev–Trinajstić information content (AvgIpc) is 3.48. The molecule has 2 aliphatic heterocycles. The van der Waals surface area contributed by atoms with Crippen molar-refractivity contribution in [3.05, 3.63) is 116 Å². The number of hydrogen-bond acceptors (Lipinski definition) is 7. The van der Waals surface area contributed by atoms with Gasteiger partial charge in [0, 0.05) is 31.9 Å². The fraction of sp³-hybridized carbons (Fsp3) is 0.152. The van der Waals surface area contributed by atoms with Gasteiger partial charge in [-0.3, -0.25) is 23.7 Å². The number of nitrogens with zero attached hydrogens (tertiary/aromatic N) is 2. The van der Waals surface area contributed by atoms with Crippen LogP contribution in [0.15, 0.2) is 105 Å². The van der Waals surface area contributed by atoms with Crippen LogP contribution < -0.4 is 19.8 Å². The molecule has 44 heavy (non-hydrogen) atoms. The number of carbonyl (C=O) groups excluding carboxylic acids is 3. The normalized spacial score (nSPS) is 19.1. The fourth-order valence-electron chi connectivity index (χ4n) is 6.03. The highest BCUT2D eigenvalue weighted by molar-refractivity contribution is 9.10. The molecular formula is C33H24BrN3O5S2. The van der Waals surface area contributed by atoms with Gasteiger partial charge in [0.05, 0.1) is 23.7 Å². The lowest BCUT2D eigenvalue weighted by molar-refractivity contribution is -0.122. The van der Waals surface area contributed by atoms with Gasteiger partial charge in [-0.2, -0.15) is 0 Å². The van der Waals surface area contributed by atoms with Crippen molar-refractivity contribution in [2.45, 2.75) is 22.7 Å². The molecular weight excluding hydrogens is 662 g/mol. The molecule has 0 bridgehead atoms. The van der Waals surface area contributed by atoms with Crippen LogP contribution in [0.4, 0.5) is 11.4 Å². The number of halogens is 1. The second-order valence-electron chi connectivity index (χ2n) is 10.5. The minimum atomic E-state index is -0.796. The van der Waals surface area contributed by atoms with Crippen molar-refractivity contribution < 1.29 is 19.1 Å². The highest BCUT2D eigenvalue weighted by Crippen LogP contribution is 2.55. The third kappa shape index (κ3) is 4.75. The molecule has 0 unspecified atom stereocenters. The van der Waals surface area contributed by atoms with E-state index in [9.17, 15) is 19.2 Å². The van der Waals surface area contributed by atoms with Crippen molar-refractivity contribution in [1.29, 1.82) is 0 Å². The van der Waals surface area contributed by atoms with E-state index in [-0.39, 0.29) is 29.1 Å². The van der Waals surface area contributed by atoms with Crippen molar-refractivity contribution in [1.82, 2.24) is 4.57 Å². The van der Waals surface area contributed by atoms with E-state index in [1.54, 1.807) is 37.4 Å². The first-order chi connectivity index (χ1) is 21.4. The van der Waals surface area contributed by atoms with Crippen molar-refractivity contribution >= 4 is 78.9 Å². The summed E-state index contributed by atoms with van der Waals surface area (Å²) in [7, 11) is 1.55. The topological polar surface area (TPSA) is 97.7 Å². The molecule has 3 heterocycles. The van der Waals surface area contributed by atoms with Gasteiger partial charge in [-0.25, -0.2) is 4.90 Å². The lowest BCUT2D eigenvalue weighted by Gasteiger charge is -2.31. The molecule has 5 aromatic rings. The lowest BCUT2D eigenvalue weighted by Crippen LogP contribution is -2.33. The number of imide groups is 1. The van der Waals surface area contributed by atoms with Crippen molar-refractivity contribution in [3.63, 3.8) is 0 Å². The van der Waals surface area contributed by atoms with Crippen molar-refractivity contribution in [2.24, 2.45) is 5.92 Å². The van der Waals surface area contributed by atoms with Gasteiger partial charge in [-0.05, 0) is 41.8 Å². The average molecular weight is 687 g/mol. The summed E-state index contributed by atoms with van der Waals surface area (Å²) in [4.78, 5) is 56.5. The zero-order chi connectivity index (χ0) is 30.5. The van der Waals surface area contributed by atoms with E-state index in [0.717, 1.165) is 26.6 Å². The van der Waals surface area contributed by atoms with Gasteiger partial charge in [0.1, 0.15) is 17.5 Å². The largest absolute Gasteiger partial charge is 0.496 e. The number of carbonyl (C=O) groups is 3. The first-order valence-electron chi connectivity index (χ1n) is 13.8. The number of fused-ring (bicyclic) bond motifs is 3. The maximum Gasteiger partial charge on any atom is 0.308 e. The number of hydrogen-bond donors (Lipinski definition) is 1. The van der Waals surface area contributed by atoms with Crippen LogP contribution in [-0.4, -0.2) is 34.6 Å². The summed E-state index contributed by atoms with van der Waals surface area (Å²) in [6.07, 6.45) is 0. The molecule has 1 fully saturated rings. The Morgan fingerprint density at radius 2 is 1.64 bits per heavy atom. The number of anilines is 2. The zero-order valence-electron chi connectivity index (χ0n) is 23.2. The Labute approximate surface area is 268 Å². The van der Waals surface area contributed by atoms with E-state index >= 15 is 0 Å². The number of para-hydroxylation sites is 1. The highest BCUT2D eigenvalue weighted by Gasteiger charge is 2.57. The molecule has 1 saturated heterocycles. The number of ether oxygens (including phenoxy) is 1. The Kier molecular flexibility index (Phi) is 7.39. The molecule has 2 aliphatic rings. The van der Waals surface area contributed by atoms with Crippen LogP contribution in [0, 0.1) is 5.92 Å². The summed E-state index contributed by atoms with van der Waals surface area (Å²) in [6, 6.07) is 27.7. The van der Waals surface area contributed by atoms with E-state index in [1.807, 2.05) is 60.7 Å². The summed E-state index contributed by atoms with van der Waals surface area (Å²) in [5, 5.41) is 4.55. The number of thioether (sulfide) groups is 1. The molecule has 0 radical (unpaired) electrons. The Hall–Kier alpha value is -4.19. The summed E-state index contributed by atoms with van der Waals surface area (Å²) in [5.41, 5.74) is 1.83. The molecule has 0 saturated carbocycles. The molecule has 3 atom stereocenters. The van der Waals surface area contributed by atoms with Crippen molar-refractivity contribution in [2.75, 3.05) is 17.3 Å². The molecule has 4 aromatic carbocycles. The minimum absolute atomic E-state index is 0.241. The Morgan fingerprint density at radius 3 is 2.43 bits per heavy atom. The molecule has 11 heteroatoms. The van der Waals surface area contributed by atoms with E-state index in [2.05, 4.69) is 21.2 Å². The van der Waals surface area contributed by atoms with Gasteiger partial charge in [0.25, 0.3) is 0 Å². The Bertz CT molecular complexity index is 2020. The van der Waals surface area contributed by atoms with Gasteiger partial charge >= 0.3 is 4.87 Å². The first kappa shape index (κ1) is 28.6. The molecule has 1 N–H and O–H groups in total. The van der Waals surface area contributed by atoms with Crippen molar-refractivity contribution in [3.8, 4) is 5.75 Å². The summed E-state index contributed by atoms with van der Waals surface area (Å²) in [5.74, 6) is -1.90. The summed E-state index contributed by atoms with van der Waals surface area (Å²) >= 11 is 5.60. The predicted molar refractivity (Wildman–Crippen MR) is 176 cm³/mol. The quantitative estimate of drug-likeness (QED) is 0.212. The molecule has 0 spiro atoms. The third-order valence-corrected chi connectivity index (χ3v) is 11.1. The summed E-state index contributed by atoms with van der Waals surface area (Å²) in [6.45, 7) is -0.241. The lowest BCUT2D eigenvalue weighted by atomic mass is 9.82. The SMILES string of the molecule is COc1ccccc1[C@@H]1c2sc(=O)n(CC(=O)Nc3cccc4ccccc34)c2S[C@H]2C(=O)N(c3ccc(Br)cc3)C(=O)[C@@H]12. The molecule has 0 aliphatic carbocycles. The molecule has 3 amide bonds. The summed E-state index contributed by atoms with van der Waals surface area (Å²) < 4.78 is 7.93. The number of rotatable bonds is 6. The standard InChI is InChI=1S/C33H24BrN3O5S2/c1-42-24-12-5-4-10-22(24)26-27-28(31(40)37(30(27)39)20-15-13-19(34)14-16-20)43-32-29(26)44-33(41)36(32)17-25(38)35-23-11-6-8-18-7-2-3-9-21(18)23/h2-16,26-28H,17H2,1H3,(H,35,38)/t26-,27-,28+/m0/s1. The van der Waals surface area contributed by atoms with Crippen LogP contribution >= 0.6 is 39.0 Å². The number of nitrogens with one attached hydrogen (secondary N) is 1. The number of aromatic nitrogens is 1. The maximum atomic E-state index is 14.1. The fourth-order valence-corrected chi connectivity index (χ4v) is 9.05.